The second-order valence-electron chi connectivity index (χ2n) is 6.28. The summed E-state index contributed by atoms with van der Waals surface area (Å²) >= 11 is 0. The molecule has 26 heavy (non-hydrogen) atoms. The van der Waals surface area contributed by atoms with Crippen LogP contribution in [0.15, 0.2) is 48.5 Å². The number of rotatable bonds is 6. The van der Waals surface area contributed by atoms with E-state index in [1.807, 2.05) is 55.5 Å². The van der Waals surface area contributed by atoms with Gasteiger partial charge in [-0.3, -0.25) is 9.59 Å². The van der Waals surface area contributed by atoms with Crippen molar-refractivity contribution in [3.05, 3.63) is 54.1 Å². The molecule has 0 bridgehead atoms. The molecule has 1 heterocycles. The normalized spacial score (nSPS) is 16.0. The lowest BCUT2D eigenvalue weighted by Gasteiger charge is -2.34. The molecule has 1 N–H and O–H groups in total. The van der Waals surface area contributed by atoms with E-state index in [1.54, 1.807) is 4.90 Å². The Morgan fingerprint density at radius 1 is 1.12 bits per heavy atom. The van der Waals surface area contributed by atoms with Gasteiger partial charge in [-0.15, -0.1) is 0 Å². The molecule has 1 aliphatic rings. The average molecular weight is 352 g/mol. The van der Waals surface area contributed by atoms with Gasteiger partial charge in [0.1, 0.15) is 5.75 Å². The standard InChI is InChI=1S/C21H24N2O3/c1-3-15-9-5-6-10-16(15)22-20(24)13-14-23-17-11-7-8-12-19(17)26-18(4-2)21(23)25/h5-12,18H,3-4,13-14H2,1-2H3,(H,22,24). The molecular weight excluding hydrogens is 328 g/mol. The van der Waals surface area contributed by atoms with Crippen molar-refractivity contribution in [1.82, 2.24) is 0 Å². The Morgan fingerprint density at radius 3 is 2.62 bits per heavy atom. The van der Waals surface area contributed by atoms with Gasteiger partial charge >= 0.3 is 0 Å². The highest BCUT2D eigenvalue weighted by Gasteiger charge is 2.33. The molecule has 5 heteroatoms. The molecule has 1 unspecified atom stereocenters. The van der Waals surface area contributed by atoms with E-state index in [1.165, 1.54) is 0 Å². The van der Waals surface area contributed by atoms with Gasteiger partial charge in [-0.2, -0.15) is 0 Å². The van der Waals surface area contributed by atoms with Crippen molar-refractivity contribution in [1.29, 1.82) is 0 Å². The molecule has 0 aliphatic carbocycles. The summed E-state index contributed by atoms with van der Waals surface area (Å²) in [5, 5.41) is 2.96. The van der Waals surface area contributed by atoms with Gasteiger partial charge in [-0.1, -0.05) is 44.2 Å². The number of para-hydroxylation sites is 3. The lowest BCUT2D eigenvalue weighted by Crippen LogP contribution is -2.46. The lowest BCUT2D eigenvalue weighted by atomic mass is 10.1. The molecule has 0 fully saturated rings. The van der Waals surface area contributed by atoms with Crippen LogP contribution in [0.4, 0.5) is 11.4 Å². The van der Waals surface area contributed by atoms with Gasteiger partial charge in [0.2, 0.25) is 5.91 Å². The van der Waals surface area contributed by atoms with Gasteiger partial charge in [-0.25, -0.2) is 0 Å². The summed E-state index contributed by atoms with van der Waals surface area (Å²) in [7, 11) is 0. The van der Waals surface area contributed by atoms with Crippen LogP contribution in [0.25, 0.3) is 0 Å². The summed E-state index contributed by atoms with van der Waals surface area (Å²) in [5.74, 6) is 0.499. The van der Waals surface area contributed by atoms with Crippen molar-refractivity contribution < 1.29 is 14.3 Å². The van der Waals surface area contributed by atoms with E-state index in [9.17, 15) is 9.59 Å². The maximum absolute atomic E-state index is 12.7. The van der Waals surface area contributed by atoms with Crippen LogP contribution < -0.4 is 15.0 Å². The first-order valence-electron chi connectivity index (χ1n) is 9.08. The lowest BCUT2D eigenvalue weighted by molar-refractivity contribution is -0.126. The molecule has 0 radical (unpaired) electrons. The van der Waals surface area contributed by atoms with E-state index in [-0.39, 0.29) is 18.2 Å². The predicted octanol–water partition coefficient (Wildman–Crippen LogP) is 3.78. The van der Waals surface area contributed by atoms with Crippen molar-refractivity contribution in [2.75, 3.05) is 16.8 Å². The number of hydrogen-bond acceptors (Lipinski definition) is 3. The number of nitrogens with one attached hydrogen (secondary N) is 1. The van der Waals surface area contributed by atoms with E-state index in [4.69, 9.17) is 4.74 Å². The minimum Gasteiger partial charge on any atom is -0.478 e. The first-order chi connectivity index (χ1) is 12.6. The van der Waals surface area contributed by atoms with Gasteiger partial charge in [0.15, 0.2) is 6.10 Å². The largest absolute Gasteiger partial charge is 0.478 e. The molecular formula is C21H24N2O3. The average Bonchev–Trinajstić information content (AvgIpc) is 2.67. The number of carbonyl (C=O) groups excluding carboxylic acids is 2. The fourth-order valence-corrected chi connectivity index (χ4v) is 3.14. The fourth-order valence-electron chi connectivity index (χ4n) is 3.14. The summed E-state index contributed by atoms with van der Waals surface area (Å²) in [6.07, 6.45) is 1.19. The minimum atomic E-state index is -0.492. The molecule has 3 rings (SSSR count). The molecule has 1 aliphatic heterocycles. The smallest absolute Gasteiger partial charge is 0.268 e. The Kier molecular flexibility index (Phi) is 5.56. The Bertz CT molecular complexity index is 803. The molecule has 0 saturated heterocycles. The molecule has 136 valence electrons. The summed E-state index contributed by atoms with van der Waals surface area (Å²) in [6.45, 7) is 4.30. The Labute approximate surface area is 154 Å². The van der Waals surface area contributed by atoms with Crippen LogP contribution in [0, 0.1) is 0 Å². The molecule has 0 spiro atoms. The second-order valence-corrected chi connectivity index (χ2v) is 6.28. The van der Waals surface area contributed by atoms with Crippen LogP contribution in [0.2, 0.25) is 0 Å². The third-order valence-corrected chi connectivity index (χ3v) is 4.57. The molecule has 1 atom stereocenters. The highest BCUT2D eigenvalue weighted by molar-refractivity contribution is 6.01. The first-order valence-corrected chi connectivity index (χ1v) is 9.08. The highest BCUT2D eigenvalue weighted by atomic mass is 16.5. The van der Waals surface area contributed by atoms with Crippen molar-refractivity contribution >= 4 is 23.2 Å². The van der Waals surface area contributed by atoms with Crippen LogP contribution in [-0.2, 0) is 16.0 Å². The van der Waals surface area contributed by atoms with E-state index >= 15 is 0 Å². The first kappa shape index (κ1) is 18.0. The van der Waals surface area contributed by atoms with Crippen molar-refractivity contribution in [3.63, 3.8) is 0 Å². The van der Waals surface area contributed by atoms with Gasteiger partial charge in [0.25, 0.3) is 5.91 Å². The summed E-state index contributed by atoms with van der Waals surface area (Å²) in [4.78, 5) is 26.7. The van der Waals surface area contributed by atoms with E-state index < -0.39 is 6.10 Å². The monoisotopic (exact) mass is 352 g/mol. The van der Waals surface area contributed by atoms with E-state index in [2.05, 4.69) is 12.2 Å². The van der Waals surface area contributed by atoms with Crippen molar-refractivity contribution in [2.24, 2.45) is 0 Å². The Morgan fingerprint density at radius 2 is 1.85 bits per heavy atom. The quantitative estimate of drug-likeness (QED) is 0.861. The summed E-state index contributed by atoms with van der Waals surface area (Å²) in [6, 6.07) is 15.2. The van der Waals surface area contributed by atoms with Crippen LogP contribution in [0.5, 0.6) is 5.75 Å². The van der Waals surface area contributed by atoms with Gasteiger partial charge < -0.3 is 15.0 Å². The number of ether oxygens (including phenoxy) is 1. The number of hydrogen-bond donors (Lipinski definition) is 1. The number of anilines is 2. The molecule has 0 aromatic heterocycles. The molecule has 2 aromatic carbocycles. The van der Waals surface area contributed by atoms with Crippen LogP contribution in [-0.4, -0.2) is 24.5 Å². The molecule has 2 aromatic rings. The minimum absolute atomic E-state index is 0.0899. The van der Waals surface area contributed by atoms with E-state index in [0.29, 0.717) is 18.7 Å². The van der Waals surface area contributed by atoms with Crippen molar-refractivity contribution in [3.8, 4) is 5.75 Å². The predicted molar refractivity (Wildman–Crippen MR) is 103 cm³/mol. The zero-order valence-corrected chi connectivity index (χ0v) is 15.2. The SMILES string of the molecule is CCc1ccccc1NC(=O)CCN1C(=O)C(CC)Oc2ccccc21. The maximum atomic E-state index is 12.7. The maximum Gasteiger partial charge on any atom is 0.268 e. The number of nitrogens with zero attached hydrogens (tertiary/aromatic N) is 1. The topological polar surface area (TPSA) is 58.6 Å². The van der Waals surface area contributed by atoms with Crippen molar-refractivity contribution in [2.45, 2.75) is 39.2 Å². The zero-order chi connectivity index (χ0) is 18.5. The molecule has 2 amide bonds. The number of fused-ring (bicyclic) bond motifs is 1. The highest BCUT2D eigenvalue weighted by Crippen LogP contribution is 2.34. The van der Waals surface area contributed by atoms with Gasteiger partial charge in [-0.05, 0) is 36.6 Å². The summed E-state index contributed by atoms with van der Waals surface area (Å²) < 4.78 is 5.76. The third-order valence-electron chi connectivity index (χ3n) is 4.57. The van der Waals surface area contributed by atoms with Gasteiger partial charge in [0, 0.05) is 18.7 Å². The zero-order valence-electron chi connectivity index (χ0n) is 15.2. The van der Waals surface area contributed by atoms with E-state index in [0.717, 1.165) is 23.4 Å². The molecule has 0 saturated carbocycles. The third kappa shape index (κ3) is 3.72. The Balaban J connectivity index is 1.70. The summed E-state index contributed by atoms with van der Waals surface area (Å²) in [5.41, 5.74) is 2.66. The van der Waals surface area contributed by atoms with Crippen LogP contribution >= 0.6 is 0 Å². The molecule has 5 nitrogen and oxygen atoms in total. The number of benzene rings is 2. The second kappa shape index (κ2) is 8.04. The van der Waals surface area contributed by atoms with Crippen LogP contribution in [0.1, 0.15) is 32.3 Å². The van der Waals surface area contributed by atoms with Crippen LogP contribution in [0.3, 0.4) is 0 Å². The van der Waals surface area contributed by atoms with Gasteiger partial charge in [0.05, 0.1) is 5.69 Å². The fraction of sp³-hybridized carbons (Fsp3) is 0.333. The number of aryl methyl sites for hydroxylation is 1. The number of amides is 2. The number of carbonyl (C=O) groups is 2. The Hall–Kier alpha value is -2.82.